The van der Waals surface area contributed by atoms with Gasteiger partial charge in [0, 0.05) is 12.6 Å². The smallest absolute Gasteiger partial charge is 0.161 e. The van der Waals surface area contributed by atoms with Crippen molar-refractivity contribution in [3.05, 3.63) is 59.2 Å². The molecule has 0 radical (unpaired) electrons. The van der Waals surface area contributed by atoms with Crippen LogP contribution in [0.15, 0.2) is 42.5 Å². The molecule has 2 aromatic rings. The van der Waals surface area contributed by atoms with E-state index >= 15 is 0 Å². The van der Waals surface area contributed by atoms with Gasteiger partial charge in [-0.1, -0.05) is 35.9 Å². The van der Waals surface area contributed by atoms with Crippen molar-refractivity contribution in [1.29, 1.82) is 0 Å². The van der Waals surface area contributed by atoms with Gasteiger partial charge in [-0.05, 0) is 106 Å². The van der Waals surface area contributed by atoms with Crippen LogP contribution in [-0.2, 0) is 13.2 Å². The Morgan fingerprint density at radius 3 is 2.28 bits per heavy atom. The second-order valence-corrected chi connectivity index (χ2v) is 10.9. The van der Waals surface area contributed by atoms with Crippen molar-refractivity contribution in [1.82, 2.24) is 5.32 Å². The highest BCUT2D eigenvalue weighted by molar-refractivity contribution is 5.43. The highest BCUT2D eigenvalue weighted by atomic mass is 16.5. The summed E-state index contributed by atoms with van der Waals surface area (Å²) in [6.45, 7) is 8.67. The zero-order valence-corrected chi connectivity index (χ0v) is 20.0. The van der Waals surface area contributed by atoms with Gasteiger partial charge in [-0.2, -0.15) is 0 Å². The number of hydrogen-bond acceptors (Lipinski definition) is 3. The van der Waals surface area contributed by atoms with Crippen molar-refractivity contribution in [2.45, 2.75) is 78.5 Å². The molecule has 0 spiro atoms. The van der Waals surface area contributed by atoms with Gasteiger partial charge in [0.2, 0.25) is 0 Å². The molecule has 4 aliphatic carbocycles. The number of benzene rings is 2. The molecule has 1 atom stereocenters. The van der Waals surface area contributed by atoms with Crippen molar-refractivity contribution in [3.63, 3.8) is 0 Å². The van der Waals surface area contributed by atoms with Gasteiger partial charge in [0.15, 0.2) is 11.5 Å². The van der Waals surface area contributed by atoms with Crippen LogP contribution in [0.2, 0.25) is 0 Å². The maximum Gasteiger partial charge on any atom is 0.161 e. The maximum atomic E-state index is 6.13. The Hall–Kier alpha value is -2.00. The molecule has 4 fully saturated rings. The van der Waals surface area contributed by atoms with Gasteiger partial charge in [0.25, 0.3) is 0 Å². The predicted molar refractivity (Wildman–Crippen MR) is 130 cm³/mol. The molecule has 0 aromatic heterocycles. The van der Waals surface area contributed by atoms with Gasteiger partial charge in [0.05, 0.1) is 6.61 Å². The summed E-state index contributed by atoms with van der Waals surface area (Å²) < 4.78 is 12.1. The van der Waals surface area contributed by atoms with Crippen molar-refractivity contribution in [3.8, 4) is 11.5 Å². The fourth-order valence-electron chi connectivity index (χ4n) is 7.21. The summed E-state index contributed by atoms with van der Waals surface area (Å²) in [6.07, 6.45) is 8.87. The molecule has 1 unspecified atom stereocenters. The van der Waals surface area contributed by atoms with Gasteiger partial charge in [-0.3, -0.25) is 0 Å². The van der Waals surface area contributed by atoms with Crippen LogP contribution in [0, 0.1) is 30.1 Å². The van der Waals surface area contributed by atoms with E-state index in [2.05, 4.69) is 61.6 Å². The first-order chi connectivity index (χ1) is 15.5. The molecular weight excluding hydrogens is 394 g/mol. The summed E-state index contributed by atoms with van der Waals surface area (Å²) in [5.74, 6) is 4.67. The molecule has 4 saturated carbocycles. The van der Waals surface area contributed by atoms with E-state index in [-0.39, 0.29) is 0 Å². The first-order valence-corrected chi connectivity index (χ1v) is 12.7. The summed E-state index contributed by atoms with van der Waals surface area (Å²) in [6, 6.07) is 15.5. The monoisotopic (exact) mass is 433 g/mol. The van der Waals surface area contributed by atoms with E-state index in [4.69, 9.17) is 9.47 Å². The topological polar surface area (TPSA) is 30.5 Å². The third kappa shape index (κ3) is 4.55. The zero-order chi connectivity index (χ0) is 22.1. The molecule has 172 valence electrons. The van der Waals surface area contributed by atoms with Crippen LogP contribution < -0.4 is 14.8 Å². The largest absolute Gasteiger partial charge is 0.490 e. The van der Waals surface area contributed by atoms with Crippen LogP contribution in [0.1, 0.15) is 69.1 Å². The SMILES string of the molecule is CCOc1cc(CNC(C)C23CC4CC(CC(C4)C2)C3)ccc1OCc1cccc(C)c1. The highest BCUT2D eigenvalue weighted by Crippen LogP contribution is 2.61. The van der Waals surface area contributed by atoms with Gasteiger partial charge >= 0.3 is 0 Å². The molecule has 0 aliphatic heterocycles. The fraction of sp³-hybridized carbons (Fsp3) is 0.586. The number of hydrogen-bond donors (Lipinski definition) is 1. The third-order valence-corrected chi connectivity index (χ3v) is 8.40. The lowest BCUT2D eigenvalue weighted by Crippen LogP contribution is -2.54. The third-order valence-electron chi connectivity index (χ3n) is 8.40. The average Bonchev–Trinajstić information content (AvgIpc) is 2.76. The van der Waals surface area contributed by atoms with Crippen LogP contribution in [0.5, 0.6) is 11.5 Å². The van der Waals surface area contributed by atoms with Gasteiger partial charge in [-0.15, -0.1) is 0 Å². The first-order valence-electron chi connectivity index (χ1n) is 12.7. The van der Waals surface area contributed by atoms with Crippen LogP contribution >= 0.6 is 0 Å². The van der Waals surface area contributed by atoms with E-state index < -0.39 is 0 Å². The zero-order valence-electron chi connectivity index (χ0n) is 20.0. The van der Waals surface area contributed by atoms with Crippen LogP contribution in [0.3, 0.4) is 0 Å². The molecule has 1 N–H and O–H groups in total. The minimum absolute atomic E-state index is 0.536. The van der Waals surface area contributed by atoms with E-state index in [1.807, 2.05) is 6.92 Å². The van der Waals surface area contributed by atoms with E-state index in [0.29, 0.717) is 24.7 Å². The second-order valence-electron chi connectivity index (χ2n) is 10.9. The van der Waals surface area contributed by atoms with Crippen LogP contribution in [0.25, 0.3) is 0 Å². The molecule has 0 heterocycles. The van der Waals surface area contributed by atoms with Crippen molar-refractivity contribution in [2.24, 2.45) is 23.2 Å². The molecule has 3 heteroatoms. The van der Waals surface area contributed by atoms with Crippen LogP contribution in [-0.4, -0.2) is 12.6 Å². The van der Waals surface area contributed by atoms with E-state index in [1.165, 1.54) is 55.2 Å². The van der Waals surface area contributed by atoms with E-state index in [0.717, 1.165) is 35.8 Å². The summed E-state index contributed by atoms with van der Waals surface area (Å²) in [5, 5.41) is 3.91. The quantitative estimate of drug-likeness (QED) is 0.479. The van der Waals surface area contributed by atoms with Crippen LogP contribution in [0.4, 0.5) is 0 Å². The first kappa shape index (κ1) is 21.8. The molecule has 3 nitrogen and oxygen atoms in total. The number of nitrogens with one attached hydrogen (secondary N) is 1. The Morgan fingerprint density at radius 2 is 1.62 bits per heavy atom. The summed E-state index contributed by atoms with van der Waals surface area (Å²) in [4.78, 5) is 0. The molecule has 0 amide bonds. The Labute approximate surface area is 193 Å². The minimum Gasteiger partial charge on any atom is -0.490 e. The van der Waals surface area contributed by atoms with Gasteiger partial charge < -0.3 is 14.8 Å². The second kappa shape index (κ2) is 9.09. The van der Waals surface area contributed by atoms with Gasteiger partial charge in [0.1, 0.15) is 6.61 Å². The molecule has 0 saturated heterocycles. The predicted octanol–water partition coefficient (Wildman–Crippen LogP) is 6.67. The molecule has 4 bridgehead atoms. The summed E-state index contributed by atoms with van der Waals surface area (Å²) in [5.41, 5.74) is 4.25. The summed E-state index contributed by atoms with van der Waals surface area (Å²) >= 11 is 0. The number of ether oxygens (including phenoxy) is 2. The lowest BCUT2D eigenvalue weighted by atomic mass is 9.48. The van der Waals surface area contributed by atoms with Crippen molar-refractivity contribution in [2.75, 3.05) is 6.61 Å². The number of rotatable bonds is 9. The molecule has 32 heavy (non-hydrogen) atoms. The maximum absolute atomic E-state index is 6.13. The average molecular weight is 434 g/mol. The van der Waals surface area contributed by atoms with Crippen molar-refractivity contribution >= 4 is 0 Å². The Morgan fingerprint density at radius 1 is 0.906 bits per heavy atom. The molecular formula is C29H39NO2. The Bertz CT molecular complexity index is 901. The van der Waals surface area contributed by atoms with E-state index in [1.54, 1.807) is 0 Å². The minimum atomic E-state index is 0.536. The fourth-order valence-corrected chi connectivity index (χ4v) is 7.21. The standard InChI is InChI=1S/C29H39NO2/c1-4-31-28-14-22(8-9-27(28)32-19-23-7-5-6-20(2)10-23)18-30-21(3)29-15-24-11-25(16-29)13-26(12-24)17-29/h5-10,14,21,24-26,30H,4,11-13,15-19H2,1-3H3. The molecule has 4 aliphatic rings. The summed E-state index contributed by atoms with van der Waals surface area (Å²) in [7, 11) is 0. The highest BCUT2D eigenvalue weighted by Gasteiger charge is 2.52. The van der Waals surface area contributed by atoms with Gasteiger partial charge in [-0.25, -0.2) is 0 Å². The lowest BCUT2D eigenvalue weighted by molar-refractivity contribution is -0.0706. The van der Waals surface area contributed by atoms with E-state index in [9.17, 15) is 0 Å². The Balaban J connectivity index is 1.22. The molecule has 6 rings (SSSR count). The van der Waals surface area contributed by atoms with Crippen molar-refractivity contribution < 1.29 is 9.47 Å². The normalized spacial score (nSPS) is 29.2. The lowest BCUT2D eigenvalue weighted by Gasteiger charge is -2.59. The Kier molecular flexibility index (Phi) is 6.20. The molecule has 2 aromatic carbocycles. The number of aryl methyl sites for hydroxylation is 1.